The van der Waals surface area contributed by atoms with Crippen LogP contribution >= 0.6 is 0 Å². The zero-order valence-electron chi connectivity index (χ0n) is 16.1. The number of likely N-dealkylation sites (N-methyl/N-ethyl adjacent to an activating group) is 1. The van der Waals surface area contributed by atoms with E-state index in [1.165, 1.54) is 36.2 Å². The number of aliphatic carboxylic acids is 1. The summed E-state index contributed by atoms with van der Waals surface area (Å²) >= 11 is 0. The molecular weight excluding hydrogens is 368 g/mol. The number of carbonyl (C=O) groups excluding carboxylic acids is 1. The van der Waals surface area contributed by atoms with Crippen molar-refractivity contribution in [1.29, 1.82) is 0 Å². The molecule has 7 nitrogen and oxygen atoms in total. The van der Waals surface area contributed by atoms with E-state index in [1.807, 2.05) is 6.92 Å². The van der Waals surface area contributed by atoms with Crippen LogP contribution in [0.1, 0.15) is 62.7 Å². The molecule has 0 spiro atoms. The van der Waals surface area contributed by atoms with Crippen molar-refractivity contribution in [1.82, 2.24) is 9.62 Å². The predicted octanol–water partition coefficient (Wildman–Crippen LogP) is 2.62. The van der Waals surface area contributed by atoms with Gasteiger partial charge in [-0.25, -0.2) is 17.9 Å². The fourth-order valence-corrected chi connectivity index (χ4v) is 4.74. The van der Waals surface area contributed by atoms with Gasteiger partial charge >= 0.3 is 5.97 Å². The van der Waals surface area contributed by atoms with Crippen LogP contribution < -0.4 is 4.72 Å². The molecule has 1 aliphatic rings. The predicted molar refractivity (Wildman–Crippen MR) is 102 cm³/mol. The van der Waals surface area contributed by atoms with E-state index in [-0.39, 0.29) is 16.5 Å². The van der Waals surface area contributed by atoms with E-state index in [9.17, 15) is 23.1 Å². The standard InChI is InChI=1S/C19H28N2O5S/c1-4-14(2)20-27(25,26)16-10-8-15(9-11-16)17(22)21(3)19(18(23)24)12-6-5-7-13-19/h8-11,14,20H,4-7,12-13H2,1-3H3,(H,23,24). The van der Waals surface area contributed by atoms with Gasteiger partial charge in [0.1, 0.15) is 5.54 Å². The quantitative estimate of drug-likeness (QED) is 0.737. The summed E-state index contributed by atoms with van der Waals surface area (Å²) in [5.74, 6) is -1.41. The van der Waals surface area contributed by atoms with Crippen LogP contribution in [0.3, 0.4) is 0 Å². The third kappa shape index (κ3) is 4.50. The molecule has 0 heterocycles. The van der Waals surface area contributed by atoms with Gasteiger partial charge < -0.3 is 10.0 Å². The molecule has 8 heteroatoms. The molecule has 1 fully saturated rings. The summed E-state index contributed by atoms with van der Waals surface area (Å²) in [5.41, 5.74) is -0.927. The number of nitrogens with one attached hydrogen (secondary N) is 1. The fraction of sp³-hybridized carbons (Fsp3) is 0.579. The minimum atomic E-state index is -3.65. The summed E-state index contributed by atoms with van der Waals surface area (Å²) in [6.07, 6.45) is 4.02. The summed E-state index contributed by atoms with van der Waals surface area (Å²) < 4.78 is 27.2. The van der Waals surface area contributed by atoms with E-state index in [4.69, 9.17) is 0 Å². The Balaban J connectivity index is 2.23. The van der Waals surface area contributed by atoms with E-state index in [0.717, 1.165) is 19.3 Å². The molecule has 1 unspecified atom stereocenters. The molecule has 1 aliphatic carbocycles. The van der Waals surface area contributed by atoms with Crippen LogP contribution in [0.2, 0.25) is 0 Å². The van der Waals surface area contributed by atoms with Gasteiger partial charge in [-0.15, -0.1) is 0 Å². The Kier molecular flexibility index (Phi) is 6.64. The minimum absolute atomic E-state index is 0.0765. The number of nitrogens with zero attached hydrogens (tertiary/aromatic N) is 1. The van der Waals surface area contributed by atoms with Gasteiger partial charge in [0.15, 0.2) is 0 Å². The molecule has 27 heavy (non-hydrogen) atoms. The number of hydrogen-bond acceptors (Lipinski definition) is 4. The lowest BCUT2D eigenvalue weighted by molar-refractivity contribution is -0.151. The average Bonchev–Trinajstić information content (AvgIpc) is 2.66. The lowest BCUT2D eigenvalue weighted by atomic mass is 9.80. The number of carbonyl (C=O) groups is 2. The third-order valence-electron chi connectivity index (χ3n) is 5.41. The number of hydrogen-bond donors (Lipinski definition) is 2. The Morgan fingerprint density at radius 2 is 1.74 bits per heavy atom. The third-order valence-corrected chi connectivity index (χ3v) is 7.01. The van der Waals surface area contributed by atoms with Crippen molar-refractivity contribution >= 4 is 21.9 Å². The highest BCUT2D eigenvalue weighted by Crippen LogP contribution is 2.34. The first-order valence-corrected chi connectivity index (χ1v) is 10.8. The van der Waals surface area contributed by atoms with Gasteiger partial charge in [0.05, 0.1) is 4.90 Å². The Bertz CT molecular complexity index is 783. The van der Waals surface area contributed by atoms with Gasteiger partial charge in [0.25, 0.3) is 5.91 Å². The molecule has 1 saturated carbocycles. The van der Waals surface area contributed by atoms with Crippen LogP contribution in [-0.2, 0) is 14.8 Å². The van der Waals surface area contributed by atoms with Crippen molar-refractivity contribution in [2.45, 2.75) is 68.8 Å². The highest BCUT2D eigenvalue weighted by molar-refractivity contribution is 7.89. The van der Waals surface area contributed by atoms with Crippen molar-refractivity contribution in [2.24, 2.45) is 0 Å². The van der Waals surface area contributed by atoms with E-state index in [1.54, 1.807) is 6.92 Å². The van der Waals surface area contributed by atoms with Crippen molar-refractivity contribution in [3.8, 4) is 0 Å². The Morgan fingerprint density at radius 1 is 1.19 bits per heavy atom. The molecule has 0 aliphatic heterocycles. The molecular formula is C19H28N2O5S. The minimum Gasteiger partial charge on any atom is -0.479 e. The zero-order valence-corrected chi connectivity index (χ0v) is 16.9. The van der Waals surface area contributed by atoms with Crippen LogP contribution in [0, 0.1) is 0 Å². The Labute approximate surface area is 160 Å². The Hall–Kier alpha value is -1.93. The molecule has 2 N–H and O–H groups in total. The largest absolute Gasteiger partial charge is 0.479 e. The summed E-state index contributed by atoms with van der Waals surface area (Å²) in [7, 11) is -2.14. The molecule has 1 aromatic carbocycles. The second-order valence-electron chi connectivity index (χ2n) is 7.22. The monoisotopic (exact) mass is 396 g/mol. The van der Waals surface area contributed by atoms with Crippen LogP contribution in [0.15, 0.2) is 29.2 Å². The molecule has 1 atom stereocenters. The fourth-order valence-electron chi connectivity index (χ4n) is 3.41. The molecule has 0 aromatic heterocycles. The van der Waals surface area contributed by atoms with Crippen molar-refractivity contribution < 1.29 is 23.1 Å². The lowest BCUT2D eigenvalue weighted by Crippen LogP contribution is -2.56. The van der Waals surface area contributed by atoms with Gasteiger partial charge in [0, 0.05) is 18.7 Å². The van der Waals surface area contributed by atoms with Crippen molar-refractivity contribution in [2.75, 3.05) is 7.05 Å². The van der Waals surface area contributed by atoms with Gasteiger partial charge in [0.2, 0.25) is 10.0 Å². The number of amides is 1. The first-order chi connectivity index (χ1) is 12.6. The van der Waals surface area contributed by atoms with E-state index < -0.39 is 27.4 Å². The first-order valence-electron chi connectivity index (χ1n) is 9.28. The molecule has 1 aromatic rings. The molecule has 2 rings (SSSR count). The number of rotatable bonds is 7. The second kappa shape index (κ2) is 8.39. The van der Waals surface area contributed by atoms with Gasteiger partial charge in [-0.05, 0) is 50.5 Å². The number of carboxylic acids is 1. The summed E-state index contributed by atoms with van der Waals surface area (Å²) in [6, 6.07) is 5.43. The normalized spacial score (nSPS) is 17.9. The average molecular weight is 397 g/mol. The van der Waals surface area contributed by atoms with Crippen LogP contribution in [-0.4, -0.2) is 48.9 Å². The maximum Gasteiger partial charge on any atom is 0.329 e. The molecule has 0 saturated heterocycles. The van der Waals surface area contributed by atoms with E-state index >= 15 is 0 Å². The molecule has 150 valence electrons. The molecule has 0 bridgehead atoms. The van der Waals surface area contributed by atoms with Gasteiger partial charge in [-0.3, -0.25) is 4.79 Å². The lowest BCUT2D eigenvalue weighted by Gasteiger charge is -2.41. The first kappa shape index (κ1) is 21.4. The second-order valence-corrected chi connectivity index (χ2v) is 8.93. The maximum absolute atomic E-state index is 12.8. The van der Waals surface area contributed by atoms with Crippen molar-refractivity contribution in [3.63, 3.8) is 0 Å². The van der Waals surface area contributed by atoms with Crippen LogP contribution in [0.25, 0.3) is 0 Å². The highest BCUT2D eigenvalue weighted by atomic mass is 32.2. The smallest absolute Gasteiger partial charge is 0.329 e. The highest BCUT2D eigenvalue weighted by Gasteiger charge is 2.45. The van der Waals surface area contributed by atoms with Crippen LogP contribution in [0.5, 0.6) is 0 Å². The summed E-state index contributed by atoms with van der Waals surface area (Å²) in [6.45, 7) is 3.66. The SMILES string of the molecule is CCC(C)NS(=O)(=O)c1ccc(C(=O)N(C)C2(C(=O)O)CCCCC2)cc1. The van der Waals surface area contributed by atoms with Gasteiger partial charge in [-0.2, -0.15) is 0 Å². The summed E-state index contributed by atoms with van der Waals surface area (Å²) in [4.78, 5) is 26.1. The summed E-state index contributed by atoms with van der Waals surface area (Å²) in [5, 5.41) is 9.73. The van der Waals surface area contributed by atoms with E-state index in [0.29, 0.717) is 19.3 Å². The number of benzene rings is 1. The maximum atomic E-state index is 12.8. The van der Waals surface area contributed by atoms with Crippen molar-refractivity contribution in [3.05, 3.63) is 29.8 Å². The topological polar surface area (TPSA) is 104 Å². The Morgan fingerprint density at radius 3 is 2.22 bits per heavy atom. The number of carboxylic acid groups (broad SMARTS) is 1. The number of sulfonamides is 1. The molecule has 1 amide bonds. The molecule has 0 radical (unpaired) electrons. The van der Waals surface area contributed by atoms with E-state index in [2.05, 4.69) is 4.72 Å². The van der Waals surface area contributed by atoms with Gasteiger partial charge in [-0.1, -0.05) is 26.2 Å². The van der Waals surface area contributed by atoms with Crippen LogP contribution in [0.4, 0.5) is 0 Å². The zero-order chi connectivity index (χ0) is 20.2.